The van der Waals surface area contributed by atoms with E-state index >= 15 is 0 Å². The number of anilines is 2. The van der Waals surface area contributed by atoms with E-state index in [1.165, 1.54) is 18.3 Å². The van der Waals surface area contributed by atoms with Gasteiger partial charge in [-0.25, -0.2) is 9.97 Å². The highest BCUT2D eigenvalue weighted by Gasteiger charge is 2.39. The zero-order valence-corrected chi connectivity index (χ0v) is 25.4. The number of carbonyl (C=O) groups is 1. The maximum Gasteiger partial charge on any atom is 0.419 e. The van der Waals surface area contributed by atoms with Crippen LogP contribution in [0.25, 0.3) is 44.7 Å². The van der Waals surface area contributed by atoms with Crippen LogP contribution in [-0.4, -0.2) is 55.4 Å². The number of fused-ring (bicyclic) bond motifs is 2. The Morgan fingerprint density at radius 2 is 1.96 bits per heavy atom. The van der Waals surface area contributed by atoms with Crippen molar-refractivity contribution in [1.29, 1.82) is 5.26 Å². The second-order valence-electron chi connectivity index (χ2n) is 11.6. The first-order valence-corrected chi connectivity index (χ1v) is 15.0. The number of aliphatic hydroxyl groups excluding tert-OH is 1. The Hall–Kier alpha value is -5.71. The number of aldehydes is 1. The van der Waals surface area contributed by atoms with Crippen LogP contribution in [0.5, 0.6) is 0 Å². The van der Waals surface area contributed by atoms with Gasteiger partial charge in [0.05, 0.1) is 28.5 Å². The number of carbonyl (C=O) groups excluding carboxylic acids is 1. The van der Waals surface area contributed by atoms with Crippen molar-refractivity contribution in [1.82, 2.24) is 24.8 Å². The summed E-state index contributed by atoms with van der Waals surface area (Å²) >= 11 is 0. The number of alkyl halides is 3. The second kappa shape index (κ2) is 12.1. The lowest BCUT2D eigenvalue weighted by atomic mass is 9.96. The fourth-order valence-corrected chi connectivity index (χ4v) is 6.10. The SMILES string of the molecule is Cc1c(Nc2nccc3cc(CN4CCC(O)C4)cnc23)cccc1-c1nccc(-c2nc3cc(C=O)cc(C#N)c3o2)c1C(F)(F)F. The number of hydrogen-bond donors (Lipinski definition) is 2. The lowest BCUT2D eigenvalue weighted by Gasteiger charge is -2.18. The van der Waals surface area contributed by atoms with E-state index in [2.05, 4.69) is 30.2 Å². The highest BCUT2D eigenvalue weighted by atomic mass is 19.4. The van der Waals surface area contributed by atoms with E-state index in [9.17, 15) is 28.3 Å². The lowest BCUT2D eigenvalue weighted by Crippen LogP contribution is -2.21. The van der Waals surface area contributed by atoms with Crippen molar-refractivity contribution in [2.24, 2.45) is 0 Å². The Kier molecular flexibility index (Phi) is 7.82. The van der Waals surface area contributed by atoms with Crippen molar-refractivity contribution in [2.45, 2.75) is 32.2 Å². The summed E-state index contributed by atoms with van der Waals surface area (Å²) in [7, 11) is 0. The third kappa shape index (κ3) is 5.72. The van der Waals surface area contributed by atoms with E-state index in [4.69, 9.17) is 4.42 Å². The van der Waals surface area contributed by atoms with Crippen LogP contribution < -0.4 is 5.32 Å². The molecule has 1 unspecified atom stereocenters. The molecule has 0 aliphatic carbocycles. The Bertz CT molecular complexity index is 2260. The molecule has 1 saturated heterocycles. The molecule has 2 aromatic carbocycles. The standard InChI is InChI=1S/C35H26F3N7O3/c1-19-25(3-2-4-27(19)43-33-30-22(5-8-41-33)12-21(15-42-30)16-45-10-7-24(47)17-45)31-29(35(36,37)38)26(6-9-40-31)34-44-28-13-20(18-46)11-23(14-39)32(28)48-34/h2-6,8-9,11-13,15,18,24,47H,7,10,16-17H2,1H3,(H,41,43). The number of aromatic nitrogens is 4. The highest BCUT2D eigenvalue weighted by molar-refractivity contribution is 5.92. The molecule has 1 fully saturated rings. The average Bonchev–Trinajstić information content (AvgIpc) is 3.70. The summed E-state index contributed by atoms with van der Waals surface area (Å²) in [6, 6.07) is 14.5. The zero-order chi connectivity index (χ0) is 33.6. The highest BCUT2D eigenvalue weighted by Crippen LogP contribution is 2.44. The molecule has 1 atom stereocenters. The molecule has 5 heterocycles. The molecule has 0 saturated carbocycles. The van der Waals surface area contributed by atoms with E-state index in [-0.39, 0.29) is 51.0 Å². The fourth-order valence-electron chi connectivity index (χ4n) is 6.10. The molecular weight excluding hydrogens is 623 g/mol. The minimum absolute atomic E-state index is 0.0230. The van der Waals surface area contributed by atoms with Crippen molar-refractivity contribution in [3.8, 4) is 28.8 Å². The van der Waals surface area contributed by atoms with Crippen LogP contribution in [0.4, 0.5) is 24.7 Å². The minimum Gasteiger partial charge on any atom is -0.435 e. The molecule has 1 aliphatic heterocycles. The van der Waals surface area contributed by atoms with Crippen LogP contribution in [0.15, 0.2) is 71.5 Å². The first kappa shape index (κ1) is 30.9. The van der Waals surface area contributed by atoms with E-state index < -0.39 is 11.7 Å². The largest absolute Gasteiger partial charge is 0.435 e. The summed E-state index contributed by atoms with van der Waals surface area (Å²) in [5, 5.41) is 23.5. The van der Waals surface area contributed by atoms with Gasteiger partial charge >= 0.3 is 6.18 Å². The molecule has 10 nitrogen and oxygen atoms in total. The number of aliphatic hydroxyl groups is 1. The van der Waals surface area contributed by atoms with Gasteiger partial charge in [0.15, 0.2) is 11.4 Å². The molecule has 13 heteroatoms. The van der Waals surface area contributed by atoms with Crippen LogP contribution in [0.3, 0.4) is 0 Å². The maximum absolute atomic E-state index is 14.9. The van der Waals surface area contributed by atoms with Gasteiger partial charge in [0.2, 0.25) is 5.89 Å². The summed E-state index contributed by atoms with van der Waals surface area (Å²) in [5.74, 6) is 0.0712. The van der Waals surface area contributed by atoms with Crippen molar-refractivity contribution in [3.05, 3.63) is 94.9 Å². The third-order valence-electron chi connectivity index (χ3n) is 8.39. The van der Waals surface area contributed by atoms with Gasteiger partial charge in [-0.05, 0) is 60.9 Å². The number of nitrogens with one attached hydrogen (secondary N) is 1. The van der Waals surface area contributed by atoms with Crippen LogP contribution >= 0.6 is 0 Å². The average molecular weight is 650 g/mol. The molecule has 0 amide bonds. The van der Waals surface area contributed by atoms with E-state index in [1.807, 2.05) is 18.2 Å². The minimum atomic E-state index is -4.87. The lowest BCUT2D eigenvalue weighted by molar-refractivity contribution is -0.136. The van der Waals surface area contributed by atoms with Crippen LogP contribution in [0.2, 0.25) is 0 Å². The summed E-state index contributed by atoms with van der Waals surface area (Å²) in [6.45, 7) is 3.77. The van der Waals surface area contributed by atoms with Crippen LogP contribution in [0.1, 0.15) is 39.0 Å². The summed E-state index contributed by atoms with van der Waals surface area (Å²) < 4.78 is 50.3. The summed E-state index contributed by atoms with van der Waals surface area (Å²) in [4.78, 5) is 31.0. The Labute approximate surface area is 271 Å². The van der Waals surface area contributed by atoms with E-state index in [0.29, 0.717) is 42.0 Å². The fraction of sp³-hybridized carbons (Fsp3) is 0.200. The smallest absolute Gasteiger partial charge is 0.419 e. The number of rotatable bonds is 7. The molecule has 1 aliphatic rings. The molecule has 2 N–H and O–H groups in total. The molecule has 4 aromatic heterocycles. The summed E-state index contributed by atoms with van der Waals surface area (Å²) in [5.41, 5.74) is 1.21. The van der Waals surface area contributed by atoms with Gasteiger partial charge in [0.25, 0.3) is 0 Å². The molecular formula is C35H26F3N7O3. The molecule has 48 heavy (non-hydrogen) atoms. The van der Waals surface area contributed by atoms with Gasteiger partial charge in [0, 0.05) is 60.4 Å². The summed E-state index contributed by atoms with van der Waals surface area (Å²) in [6.07, 6.45) is 0.718. The molecule has 7 rings (SSSR count). The van der Waals surface area contributed by atoms with E-state index in [1.54, 1.807) is 37.5 Å². The van der Waals surface area contributed by atoms with Crippen molar-refractivity contribution < 1.29 is 27.5 Å². The first-order chi connectivity index (χ1) is 23.1. The van der Waals surface area contributed by atoms with Gasteiger partial charge in [0.1, 0.15) is 23.4 Å². The number of hydrogen-bond acceptors (Lipinski definition) is 10. The zero-order valence-electron chi connectivity index (χ0n) is 25.4. The number of likely N-dealkylation sites (tertiary alicyclic amines) is 1. The second-order valence-corrected chi connectivity index (χ2v) is 11.6. The molecule has 0 spiro atoms. The Balaban J connectivity index is 1.27. The van der Waals surface area contributed by atoms with Crippen molar-refractivity contribution in [2.75, 3.05) is 18.4 Å². The number of halogens is 3. The van der Waals surface area contributed by atoms with Gasteiger partial charge in [-0.15, -0.1) is 0 Å². The number of nitriles is 1. The topological polar surface area (TPSA) is 141 Å². The Morgan fingerprint density at radius 3 is 2.71 bits per heavy atom. The van der Waals surface area contributed by atoms with Crippen molar-refractivity contribution in [3.63, 3.8) is 0 Å². The molecule has 0 radical (unpaired) electrons. The molecule has 0 bridgehead atoms. The number of benzene rings is 2. The normalized spacial score (nSPS) is 15.2. The van der Waals surface area contributed by atoms with Gasteiger partial charge in [-0.3, -0.25) is 19.7 Å². The monoisotopic (exact) mass is 649 g/mol. The van der Waals surface area contributed by atoms with Crippen molar-refractivity contribution >= 4 is 39.8 Å². The van der Waals surface area contributed by atoms with Gasteiger partial charge < -0.3 is 14.8 Å². The maximum atomic E-state index is 14.9. The van der Waals surface area contributed by atoms with Gasteiger partial charge in [-0.1, -0.05) is 12.1 Å². The quantitative estimate of drug-likeness (QED) is 0.177. The number of β-amino-alcohol motifs (C(OH)–C–C–N with tert-alkyl or cyclic N) is 1. The molecule has 240 valence electrons. The predicted molar refractivity (Wildman–Crippen MR) is 171 cm³/mol. The Morgan fingerprint density at radius 1 is 1.12 bits per heavy atom. The third-order valence-corrected chi connectivity index (χ3v) is 8.39. The predicted octanol–water partition coefficient (Wildman–Crippen LogP) is 6.82. The van der Waals surface area contributed by atoms with Gasteiger partial charge in [-0.2, -0.15) is 18.4 Å². The first-order valence-electron chi connectivity index (χ1n) is 15.0. The number of nitrogens with zero attached hydrogens (tertiary/aromatic N) is 6. The van der Waals surface area contributed by atoms with Crippen LogP contribution in [0, 0.1) is 18.3 Å². The number of pyridine rings is 3. The van der Waals surface area contributed by atoms with E-state index in [0.717, 1.165) is 30.0 Å². The number of oxazole rings is 1. The van der Waals surface area contributed by atoms with Crippen LogP contribution in [-0.2, 0) is 12.7 Å². The molecule has 6 aromatic rings.